The first-order chi connectivity index (χ1) is 15.6. The molecule has 0 bridgehead atoms. The number of nitrogens with zero attached hydrogens (tertiary/aromatic N) is 5. The smallest absolute Gasteiger partial charge is 0.172 e. The number of hydrogen-bond donors (Lipinski definition) is 4. The van der Waals surface area contributed by atoms with Crippen molar-refractivity contribution >= 4 is 17.0 Å². The van der Waals surface area contributed by atoms with Gasteiger partial charge in [0, 0.05) is 13.1 Å². The lowest BCUT2D eigenvalue weighted by atomic mass is 10.1. The molecule has 11 heteroatoms. The van der Waals surface area contributed by atoms with Crippen molar-refractivity contribution in [3.05, 3.63) is 43.0 Å². The van der Waals surface area contributed by atoms with Gasteiger partial charge >= 0.3 is 0 Å². The number of ether oxygens (including phenoxy) is 2. The molecule has 0 amide bonds. The highest BCUT2D eigenvalue weighted by Gasteiger charge is 2.44. The van der Waals surface area contributed by atoms with Crippen molar-refractivity contribution < 1.29 is 24.8 Å². The maximum atomic E-state index is 10.3. The molecule has 1 aromatic carbocycles. The zero-order valence-corrected chi connectivity index (χ0v) is 17.4. The van der Waals surface area contributed by atoms with Gasteiger partial charge in [0.05, 0.1) is 12.9 Å². The maximum Gasteiger partial charge on any atom is 0.172 e. The fourth-order valence-electron chi connectivity index (χ4n) is 4.16. The number of aliphatic hydroxyl groups excluding tert-OH is 3. The van der Waals surface area contributed by atoms with Crippen molar-refractivity contribution in [2.24, 2.45) is 0 Å². The number of hydrogen-bond acceptors (Lipinski definition) is 10. The molecule has 0 aliphatic carbocycles. The van der Waals surface area contributed by atoms with E-state index in [4.69, 9.17) is 9.47 Å². The van der Waals surface area contributed by atoms with Crippen LogP contribution in [0.2, 0.25) is 0 Å². The van der Waals surface area contributed by atoms with Crippen molar-refractivity contribution in [2.75, 3.05) is 25.1 Å². The third-order valence-electron chi connectivity index (χ3n) is 5.90. The molecule has 4 N–H and O–H groups in total. The Balaban J connectivity index is 1.26. The molecule has 4 heterocycles. The molecule has 5 rings (SSSR count). The summed E-state index contributed by atoms with van der Waals surface area (Å²) >= 11 is 0. The second-order valence-corrected chi connectivity index (χ2v) is 8.00. The Labute approximate surface area is 184 Å². The first-order valence-corrected chi connectivity index (χ1v) is 10.7. The Morgan fingerprint density at radius 2 is 1.84 bits per heavy atom. The van der Waals surface area contributed by atoms with Crippen molar-refractivity contribution in [1.29, 1.82) is 0 Å². The van der Waals surface area contributed by atoms with Crippen molar-refractivity contribution in [1.82, 2.24) is 24.5 Å². The Kier molecular flexibility index (Phi) is 5.89. The molecule has 170 valence electrons. The van der Waals surface area contributed by atoms with E-state index < -0.39 is 31.1 Å². The van der Waals surface area contributed by atoms with Gasteiger partial charge in [0.25, 0.3) is 0 Å². The molecule has 2 aromatic heterocycles. The summed E-state index contributed by atoms with van der Waals surface area (Å²) in [4.78, 5) is 13.0. The van der Waals surface area contributed by atoms with Crippen LogP contribution in [0, 0.1) is 0 Å². The first kappa shape index (κ1) is 21.0. The van der Waals surface area contributed by atoms with E-state index in [1.165, 1.54) is 12.7 Å². The van der Waals surface area contributed by atoms with Crippen LogP contribution in [0.1, 0.15) is 19.1 Å². The van der Waals surface area contributed by atoms with E-state index in [-0.39, 0.29) is 6.10 Å². The minimum absolute atomic E-state index is 0.159. The van der Waals surface area contributed by atoms with E-state index in [0.717, 1.165) is 31.7 Å². The number of aromatic nitrogens is 4. The number of rotatable bonds is 6. The van der Waals surface area contributed by atoms with E-state index >= 15 is 0 Å². The maximum absolute atomic E-state index is 10.3. The molecule has 0 spiro atoms. The predicted octanol–water partition coefficient (Wildman–Crippen LogP) is 0.308. The van der Waals surface area contributed by atoms with Crippen LogP contribution in [0.5, 0.6) is 5.75 Å². The van der Waals surface area contributed by atoms with Crippen LogP contribution in [0.15, 0.2) is 43.0 Å². The quantitative estimate of drug-likeness (QED) is 0.422. The van der Waals surface area contributed by atoms with Gasteiger partial charge in [-0.25, -0.2) is 20.0 Å². The normalized spacial score (nSPS) is 27.1. The third kappa shape index (κ3) is 4.00. The summed E-state index contributed by atoms with van der Waals surface area (Å²) in [5.41, 5.74) is 4.29. The van der Waals surface area contributed by atoms with Crippen LogP contribution in [0.25, 0.3) is 11.2 Å². The standard InChI is InChI=1S/C21H26N6O5/c28-10-15-17(29)18(30)21(32-15)27-12-24-16-19(22-11-23-20(16)27)25-26-8-6-14(7-9-26)31-13-4-2-1-3-5-13/h1-5,11-12,14-15,17-18,21,28-30H,6-10H2,(H,22,23,25)/t15-,17?,18?,21-/m1/s1. The van der Waals surface area contributed by atoms with Gasteiger partial charge in [-0.3, -0.25) is 4.57 Å². The fourth-order valence-corrected chi connectivity index (χ4v) is 4.16. The molecule has 4 atom stereocenters. The monoisotopic (exact) mass is 442 g/mol. The average molecular weight is 442 g/mol. The third-order valence-corrected chi connectivity index (χ3v) is 5.90. The number of piperidine rings is 1. The van der Waals surface area contributed by atoms with Crippen LogP contribution in [-0.4, -0.2) is 84.0 Å². The Morgan fingerprint density at radius 1 is 1.06 bits per heavy atom. The molecule has 3 aromatic rings. The van der Waals surface area contributed by atoms with Gasteiger partial charge in [0.2, 0.25) is 0 Å². The summed E-state index contributed by atoms with van der Waals surface area (Å²) in [6.07, 6.45) is 0.625. The molecular formula is C21H26N6O5. The molecule has 0 saturated carbocycles. The van der Waals surface area contributed by atoms with Crippen LogP contribution < -0.4 is 10.2 Å². The fraction of sp³-hybridized carbons (Fsp3) is 0.476. The number of nitrogens with one attached hydrogen (secondary N) is 1. The van der Waals surface area contributed by atoms with E-state index in [9.17, 15) is 15.3 Å². The first-order valence-electron chi connectivity index (χ1n) is 10.7. The number of hydrazine groups is 1. The molecular weight excluding hydrogens is 416 g/mol. The zero-order chi connectivity index (χ0) is 22.1. The molecule has 2 aliphatic rings. The van der Waals surface area contributed by atoms with E-state index in [2.05, 4.69) is 25.4 Å². The number of benzene rings is 1. The van der Waals surface area contributed by atoms with Crippen molar-refractivity contribution in [3.63, 3.8) is 0 Å². The molecule has 11 nitrogen and oxygen atoms in total. The minimum Gasteiger partial charge on any atom is -0.490 e. The zero-order valence-electron chi connectivity index (χ0n) is 17.4. The Hall–Kier alpha value is -2.83. The Morgan fingerprint density at radius 3 is 2.56 bits per heavy atom. The predicted molar refractivity (Wildman–Crippen MR) is 114 cm³/mol. The minimum atomic E-state index is -1.21. The number of fused-ring (bicyclic) bond motifs is 1. The topological polar surface area (TPSA) is 138 Å². The van der Waals surface area contributed by atoms with Gasteiger partial charge in [-0.1, -0.05) is 18.2 Å². The van der Waals surface area contributed by atoms with Crippen LogP contribution >= 0.6 is 0 Å². The summed E-state index contributed by atoms with van der Waals surface area (Å²) in [6, 6.07) is 9.82. The SMILES string of the molecule is OC[C@H]1O[C@@H](n2cnc3c(NN4CCC(Oc5ccccc5)CC4)ncnc32)C(O)C1O. The van der Waals surface area contributed by atoms with Crippen molar-refractivity contribution in [3.8, 4) is 5.75 Å². The highest BCUT2D eigenvalue weighted by atomic mass is 16.6. The van der Waals surface area contributed by atoms with Crippen LogP contribution in [-0.2, 0) is 4.74 Å². The molecule has 2 saturated heterocycles. The number of imidazole rings is 1. The summed E-state index contributed by atoms with van der Waals surface area (Å²) < 4.78 is 13.2. The summed E-state index contributed by atoms with van der Waals surface area (Å²) in [5.74, 6) is 1.43. The van der Waals surface area contributed by atoms with Gasteiger partial charge in [0.1, 0.15) is 36.5 Å². The van der Waals surface area contributed by atoms with Crippen molar-refractivity contribution in [2.45, 2.75) is 43.5 Å². The molecule has 2 aliphatic heterocycles. The molecule has 0 radical (unpaired) electrons. The van der Waals surface area contributed by atoms with Crippen LogP contribution in [0.3, 0.4) is 0 Å². The molecule has 2 fully saturated rings. The molecule has 32 heavy (non-hydrogen) atoms. The summed E-state index contributed by atoms with van der Waals surface area (Å²) in [5, 5.41) is 31.8. The number of anilines is 1. The van der Waals surface area contributed by atoms with E-state index in [1.807, 2.05) is 30.3 Å². The highest BCUT2D eigenvalue weighted by Crippen LogP contribution is 2.32. The van der Waals surface area contributed by atoms with Gasteiger partial charge in [-0.2, -0.15) is 0 Å². The average Bonchev–Trinajstić information content (AvgIpc) is 3.37. The second-order valence-electron chi connectivity index (χ2n) is 8.00. The van der Waals surface area contributed by atoms with Crippen LogP contribution in [0.4, 0.5) is 5.82 Å². The summed E-state index contributed by atoms with van der Waals surface area (Å²) in [7, 11) is 0. The number of aliphatic hydroxyl groups is 3. The van der Waals surface area contributed by atoms with Gasteiger partial charge in [-0.15, -0.1) is 0 Å². The van der Waals surface area contributed by atoms with Gasteiger partial charge < -0.3 is 30.2 Å². The lowest BCUT2D eigenvalue weighted by Gasteiger charge is -2.32. The lowest BCUT2D eigenvalue weighted by molar-refractivity contribution is -0.0511. The van der Waals surface area contributed by atoms with E-state index in [0.29, 0.717) is 17.0 Å². The Bertz CT molecular complexity index is 1040. The summed E-state index contributed by atoms with van der Waals surface area (Å²) in [6.45, 7) is 1.16. The largest absolute Gasteiger partial charge is 0.490 e. The van der Waals surface area contributed by atoms with Gasteiger partial charge in [-0.05, 0) is 25.0 Å². The molecule has 2 unspecified atom stereocenters. The second kappa shape index (κ2) is 8.96. The van der Waals surface area contributed by atoms with E-state index in [1.54, 1.807) is 4.57 Å². The van der Waals surface area contributed by atoms with Gasteiger partial charge in [0.15, 0.2) is 23.2 Å². The number of para-hydroxylation sites is 1. The lowest BCUT2D eigenvalue weighted by Crippen LogP contribution is -2.41. The highest BCUT2D eigenvalue weighted by molar-refractivity contribution is 5.82.